The van der Waals surface area contributed by atoms with Crippen LogP contribution in [0.3, 0.4) is 0 Å². The molecule has 1 aromatic heterocycles. The molecule has 1 unspecified atom stereocenters. The lowest BCUT2D eigenvalue weighted by Gasteiger charge is -2.32. The lowest BCUT2D eigenvalue weighted by molar-refractivity contribution is -0.143. The van der Waals surface area contributed by atoms with Crippen LogP contribution >= 0.6 is 11.3 Å². The number of ether oxygens (including phenoxy) is 1. The van der Waals surface area contributed by atoms with Crippen LogP contribution in [-0.4, -0.2) is 35.2 Å². The van der Waals surface area contributed by atoms with Gasteiger partial charge < -0.3 is 20.5 Å². The third-order valence-electron chi connectivity index (χ3n) is 6.68. The molecule has 0 radical (unpaired) electrons. The van der Waals surface area contributed by atoms with Gasteiger partial charge in [0.25, 0.3) is 0 Å². The number of carboxylic acids is 1. The van der Waals surface area contributed by atoms with Crippen molar-refractivity contribution < 1.29 is 24.2 Å². The second kappa shape index (κ2) is 10.3. The molecule has 0 bridgehead atoms. The van der Waals surface area contributed by atoms with Gasteiger partial charge in [-0.05, 0) is 46.5 Å². The topological polar surface area (TPSA) is 105 Å². The molecule has 182 valence electrons. The minimum Gasteiger partial charge on any atom is -0.479 e. The minimum atomic E-state index is -1.30. The predicted octanol–water partition coefficient (Wildman–Crippen LogP) is 5.09. The predicted molar refractivity (Wildman–Crippen MR) is 134 cm³/mol. The summed E-state index contributed by atoms with van der Waals surface area (Å²) in [7, 11) is 0. The van der Waals surface area contributed by atoms with E-state index in [4.69, 9.17) is 4.74 Å². The van der Waals surface area contributed by atoms with E-state index in [0.29, 0.717) is 4.88 Å². The summed E-state index contributed by atoms with van der Waals surface area (Å²) in [6.45, 7) is 3.67. The number of rotatable bonds is 9. The smallest absolute Gasteiger partial charge is 0.408 e. The molecule has 0 fully saturated rings. The number of fused-ring (bicyclic) bond motifs is 3. The second-order valence-corrected chi connectivity index (χ2v) is 9.48. The maximum Gasteiger partial charge on any atom is 0.408 e. The van der Waals surface area contributed by atoms with E-state index in [1.807, 2.05) is 36.4 Å². The molecule has 0 saturated heterocycles. The maximum atomic E-state index is 13.2. The number of carboxylic acid groups (broad SMARTS) is 1. The number of hydrogen-bond donors (Lipinski definition) is 3. The van der Waals surface area contributed by atoms with Crippen molar-refractivity contribution in [3.05, 3.63) is 82.0 Å². The van der Waals surface area contributed by atoms with Crippen molar-refractivity contribution in [1.82, 2.24) is 10.6 Å². The molecule has 0 saturated carbocycles. The highest BCUT2D eigenvalue weighted by Gasteiger charge is 2.40. The summed E-state index contributed by atoms with van der Waals surface area (Å²) in [5, 5.41) is 16.7. The van der Waals surface area contributed by atoms with Crippen molar-refractivity contribution in [3.63, 3.8) is 0 Å². The van der Waals surface area contributed by atoms with Gasteiger partial charge in [0.15, 0.2) is 6.04 Å². The summed E-state index contributed by atoms with van der Waals surface area (Å²) in [4.78, 5) is 38.4. The maximum absolute atomic E-state index is 13.2. The molecule has 1 aliphatic carbocycles. The van der Waals surface area contributed by atoms with E-state index in [-0.39, 0.29) is 25.4 Å². The van der Waals surface area contributed by atoms with Gasteiger partial charge in [0, 0.05) is 10.8 Å². The van der Waals surface area contributed by atoms with E-state index in [1.54, 1.807) is 31.4 Å². The third kappa shape index (κ3) is 4.79. The molecule has 35 heavy (non-hydrogen) atoms. The molecule has 2 amide bonds. The Labute approximate surface area is 208 Å². The Bertz CT molecular complexity index is 1170. The Morgan fingerprint density at radius 1 is 0.971 bits per heavy atom. The Balaban J connectivity index is 1.46. The van der Waals surface area contributed by atoms with Crippen LogP contribution in [0.5, 0.6) is 0 Å². The Kier molecular flexibility index (Phi) is 7.21. The minimum absolute atomic E-state index is 0.102. The molecule has 7 nitrogen and oxygen atoms in total. The van der Waals surface area contributed by atoms with Gasteiger partial charge in [-0.1, -0.05) is 68.4 Å². The van der Waals surface area contributed by atoms with E-state index < -0.39 is 29.6 Å². The Hall–Kier alpha value is -3.65. The zero-order chi connectivity index (χ0) is 25.0. The highest BCUT2D eigenvalue weighted by Crippen LogP contribution is 2.44. The quantitative estimate of drug-likeness (QED) is 0.386. The van der Waals surface area contributed by atoms with Crippen molar-refractivity contribution in [3.8, 4) is 11.1 Å². The number of nitrogens with one attached hydrogen (secondary N) is 2. The number of hydrogen-bond acceptors (Lipinski definition) is 5. The first-order chi connectivity index (χ1) is 16.9. The van der Waals surface area contributed by atoms with Crippen LogP contribution in [0.1, 0.15) is 54.7 Å². The van der Waals surface area contributed by atoms with Crippen molar-refractivity contribution in [2.24, 2.45) is 0 Å². The van der Waals surface area contributed by atoms with Gasteiger partial charge >= 0.3 is 12.1 Å². The van der Waals surface area contributed by atoms with Gasteiger partial charge in [0.05, 0.1) is 0 Å². The van der Waals surface area contributed by atoms with E-state index in [0.717, 1.165) is 22.3 Å². The lowest BCUT2D eigenvalue weighted by Crippen LogP contribution is -2.59. The van der Waals surface area contributed by atoms with Crippen LogP contribution in [0, 0.1) is 0 Å². The molecular weight excluding hydrogens is 464 g/mol. The Morgan fingerprint density at radius 3 is 2.09 bits per heavy atom. The van der Waals surface area contributed by atoms with Crippen molar-refractivity contribution in [2.45, 2.75) is 44.2 Å². The highest BCUT2D eigenvalue weighted by molar-refractivity contribution is 7.10. The highest BCUT2D eigenvalue weighted by atomic mass is 32.1. The summed E-state index contributed by atoms with van der Waals surface area (Å²) in [5.41, 5.74) is 3.14. The standard InChI is InChI=1S/C27H28N2O5S/c1-3-27(4-2,25(32)28-23(24(30)31)22-14-9-15-35-22)29-26(33)34-16-21-19-12-7-5-10-17(19)18-11-6-8-13-20(18)21/h5-15,21,23H,3-4,16H2,1-2H3,(H,28,32)(H,29,33)(H,30,31). The van der Waals surface area contributed by atoms with E-state index in [2.05, 4.69) is 22.8 Å². The zero-order valence-corrected chi connectivity index (χ0v) is 20.4. The number of benzene rings is 2. The van der Waals surface area contributed by atoms with Crippen LogP contribution < -0.4 is 10.6 Å². The number of thiophene rings is 1. The van der Waals surface area contributed by atoms with Crippen LogP contribution in [-0.2, 0) is 14.3 Å². The summed E-state index contributed by atoms with van der Waals surface area (Å²) >= 11 is 1.24. The molecule has 1 aliphatic rings. The van der Waals surface area contributed by atoms with E-state index in [1.165, 1.54) is 11.3 Å². The van der Waals surface area contributed by atoms with Gasteiger partial charge in [-0.3, -0.25) is 4.79 Å². The van der Waals surface area contributed by atoms with Crippen LogP contribution in [0.4, 0.5) is 4.79 Å². The van der Waals surface area contributed by atoms with Gasteiger partial charge in [0.1, 0.15) is 12.1 Å². The first-order valence-electron chi connectivity index (χ1n) is 11.6. The molecule has 3 N–H and O–H groups in total. The molecular formula is C27H28N2O5S. The second-order valence-electron chi connectivity index (χ2n) is 8.50. The molecule has 0 spiro atoms. The summed E-state index contributed by atoms with van der Waals surface area (Å²) in [5.74, 6) is -1.82. The molecule has 4 rings (SSSR count). The monoisotopic (exact) mass is 492 g/mol. The van der Waals surface area contributed by atoms with E-state index >= 15 is 0 Å². The Morgan fingerprint density at radius 2 is 1.57 bits per heavy atom. The molecule has 0 aliphatic heterocycles. The number of amides is 2. The van der Waals surface area contributed by atoms with Crippen LogP contribution in [0.2, 0.25) is 0 Å². The van der Waals surface area contributed by atoms with Gasteiger partial charge in [-0.25, -0.2) is 9.59 Å². The van der Waals surface area contributed by atoms with E-state index in [9.17, 15) is 19.5 Å². The number of aliphatic carboxylic acids is 1. The normalized spacial score (nSPS) is 13.4. The number of alkyl carbamates (subject to hydrolysis) is 1. The van der Waals surface area contributed by atoms with Gasteiger partial charge in [0.2, 0.25) is 5.91 Å². The number of carbonyl (C=O) groups excluding carboxylic acids is 2. The fourth-order valence-corrected chi connectivity index (χ4v) is 5.38. The van der Waals surface area contributed by atoms with Crippen molar-refractivity contribution in [2.75, 3.05) is 6.61 Å². The number of carbonyl (C=O) groups is 3. The van der Waals surface area contributed by atoms with Gasteiger partial charge in [-0.2, -0.15) is 0 Å². The summed E-state index contributed by atoms with van der Waals surface area (Å²) in [6, 6.07) is 18.3. The van der Waals surface area contributed by atoms with Gasteiger partial charge in [-0.15, -0.1) is 11.3 Å². The third-order valence-corrected chi connectivity index (χ3v) is 7.61. The molecule has 8 heteroatoms. The average Bonchev–Trinajstić information content (AvgIpc) is 3.51. The largest absolute Gasteiger partial charge is 0.479 e. The van der Waals surface area contributed by atoms with Crippen LogP contribution in [0.15, 0.2) is 66.0 Å². The molecule has 2 aromatic carbocycles. The van der Waals surface area contributed by atoms with Crippen molar-refractivity contribution in [1.29, 1.82) is 0 Å². The zero-order valence-electron chi connectivity index (χ0n) is 19.6. The lowest BCUT2D eigenvalue weighted by atomic mass is 9.91. The SMILES string of the molecule is CCC(CC)(NC(=O)OCC1c2ccccc2-c2ccccc21)C(=O)NC(C(=O)O)c1cccs1. The fourth-order valence-electron chi connectivity index (χ4n) is 4.61. The average molecular weight is 493 g/mol. The fraction of sp³-hybridized carbons (Fsp3) is 0.296. The first-order valence-corrected chi connectivity index (χ1v) is 12.5. The van der Waals surface area contributed by atoms with Crippen LogP contribution in [0.25, 0.3) is 11.1 Å². The van der Waals surface area contributed by atoms with Crippen molar-refractivity contribution >= 4 is 29.3 Å². The summed E-state index contributed by atoms with van der Waals surface area (Å²) < 4.78 is 5.63. The summed E-state index contributed by atoms with van der Waals surface area (Å²) in [6.07, 6.45) is -0.166. The first kappa shape index (κ1) is 24.5. The molecule has 1 atom stereocenters. The molecule has 3 aromatic rings. The molecule has 1 heterocycles.